The van der Waals surface area contributed by atoms with E-state index in [2.05, 4.69) is 30.6 Å². The maximum Gasteiger partial charge on any atom is 0.0796 e. The Morgan fingerprint density at radius 2 is 2.06 bits per heavy atom. The van der Waals surface area contributed by atoms with Gasteiger partial charge in [-0.05, 0) is 43.4 Å². The van der Waals surface area contributed by atoms with Crippen LogP contribution in [0, 0.1) is 5.92 Å². The van der Waals surface area contributed by atoms with Crippen molar-refractivity contribution in [3.63, 3.8) is 0 Å². The van der Waals surface area contributed by atoms with Crippen molar-refractivity contribution in [3.8, 4) is 0 Å². The summed E-state index contributed by atoms with van der Waals surface area (Å²) in [6, 6.07) is 8.42. The molecular weight excluding hydrogens is 246 g/mol. The van der Waals surface area contributed by atoms with Gasteiger partial charge in [0.15, 0.2) is 0 Å². The fourth-order valence-corrected chi connectivity index (χ4v) is 3.97. The van der Waals surface area contributed by atoms with E-state index in [0.717, 1.165) is 12.0 Å². The second-order valence-electron chi connectivity index (χ2n) is 5.50. The molecule has 2 N–H and O–H groups in total. The molecule has 0 aromatic heterocycles. The molecule has 0 aliphatic heterocycles. The molecule has 3 atom stereocenters. The summed E-state index contributed by atoms with van der Waals surface area (Å²) in [6.07, 6.45) is 5.70. The fraction of sp³-hybridized carbons (Fsp3) is 0.600. The highest BCUT2D eigenvalue weighted by atomic mass is 35.5. The lowest BCUT2D eigenvalue weighted by atomic mass is 9.62. The van der Waals surface area contributed by atoms with Crippen LogP contribution in [0.4, 0.5) is 0 Å². The molecule has 0 heterocycles. The molecule has 3 unspecified atom stereocenters. The third-order valence-electron chi connectivity index (χ3n) is 4.82. The van der Waals surface area contributed by atoms with Crippen LogP contribution in [0.3, 0.4) is 0 Å². The maximum absolute atomic E-state index is 10.3. The minimum Gasteiger partial charge on any atom is -0.388 e. The van der Waals surface area contributed by atoms with Crippen molar-refractivity contribution >= 4 is 12.4 Å². The van der Waals surface area contributed by atoms with E-state index >= 15 is 0 Å². The number of nitrogens with one attached hydrogen (secondary N) is 1. The van der Waals surface area contributed by atoms with Crippen LogP contribution in [0.2, 0.25) is 0 Å². The quantitative estimate of drug-likeness (QED) is 0.819. The van der Waals surface area contributed by atoms with E-state index in [1.165, 1.54) is 31.2 Å². The average Bonchev–Trinajstić information content (AvgIpc) is 2.39. The number of hydrogen-bond donors (Lipinski definition) is 2. The number of rotatable bonds is 1. The Balaban J connectivity index is 0.00000120. The molecule has 0 radical (unpaired) electrons. The highest BCUT2D eigenvalue weighted by Crippen LogP contribution is 2.50. The van der Waals surface area contributed by atoms with Gasteiger partial charge in [-0.15, -0.1) is 12.4 Å². The lowest BCUT2D eigenvalue weighted by molar-refractivity contribution is 0.0495. The molecule has 0 spiro atoms. The molecule has 100 valence electrons. The summed E-state index contributed by atoms with van der Waals surface area (Å²) in [7, 11) is 2.08. The van der Waals surface area contributed by atoms with Gasteiger partial charge in [-0.25, -0.2) is 0 Å². The van der Waals surface area contributed by atoms with Crippen molar-refractivity contribution in [1.29, 1.82) is 0 Å². The molecule has 1 aromatic carbocycles. The molecule has 18 heavy (non-hydrogen) atoms. The largest absolute Gasteiger partial charge is 0.388 e. The van der Waals surface area contributed by atoms with Crippen LogP contribution >= 0.6 is 12.4 Å². The fourth-order valence-electron chi connectivity index (χ4n) is 3.97. The summed E-state index contributed by atoms with van der Waals surface area (Å²) in [5, 5.41) is 13.9. The van der Waals surface area contributed by atoms with Gasteiger partial charge in [-0.3, -0.25) is 0 Å². The van der Waals surface area contributed by atoms with Crippen LogP contribution in [-0.4, -0.2) is 12.2 Å². The third-order valence-corrected chi connectivity index (χ3v) is 4.82. The molecule has 1 aromatic rings. The predicted octanol–water partition coefficient (Wildman–Crippen LogP) is 3.15. The minimum absolute atomic E-state index is 0. The van der Waals surface area contributed by atoms with Crippen molar-refractivity contribution in [2.24, 2.45) is 5.92 Å². The third kappa shape index (κ3) is 1.87. The Labute approximate surface area is 115 Å². The molecule has 0 bridgehead atoms. The molecule has 3 heteroatoms. The second kappa shape index (κ2) is 5.20. The molecule has 1 saturated carbocycles. The summed E-state index contributed by atoms with van der Waals surface area (Å²) in [5.74, 6) is 0.589. The lowest BCUT2D eigenvalue weighted by Crippen LogP contribution is -2.51. The zero-order valence-electron chi connectivity index (χ0n) is 10.9. The molecule has 2 aliphatic carbocycles. The topological polar surface area (TPSA) is 32.3 Å². The monoisotopic (exact) mass is 267 g/mol. The second-order valence-corrected chi connectivity index (χ2v) is 5.50. The molecule has 2 nitrogen and oxygen atoms in total. The smallest absolute Gasteiger partial charge is 0.0796 e. The van der Waals surface area contributed by atoms with E-state index in [1.54, 1.807) is 0 Å². The Morgan fingerprint density at radius 1 is 1.28 bits per heavy atom. The van der Waals surface area contributed by atoms with Crippen molar-refractivity contribution < 1.29 is 5.11 Å². The van der Waals surface area contributed by atoms with Gasteiger partial charge < -0.3 is 10.4 Å². The zero-order chi connectivity index (χ0) is 11.9. The Morgan fingerprint density at radius 3 is 2.83 bits per heavy atom. The summed E-state index contributed by atoms with van der Waals surface area (Å²) in [5.41, 5.74) is 2.60. The summed E-state index contributed by atoms with van der Waals surface area (Å²) >= 11 is 0. The maximum atomic E-state index is 10.3. The lowest BCUT2D eigenvalue weighted by Gasteiger charge is -2.50. The van der Waals surface area contributed by atoms with Crippen LogP contribution in [0.5, 0.6) is 0 Å². The van der Waals surface area contributed by atoms with Crippen LogP contribution in [0.25, 0.3) is 0 Å². The first-order valence-corrected chi connectivity index (χ1v) is 6.74. The van der Waals surface area contributed by atoms with Crippen molar-refractivity contribution in [1.82, 2.24) is 5.32 Å². The van der Waals surface area contributed by atoms with E-state index in [9.17, 15) is 5.11 Å². The SMILES string of the molecule is CNC12CCCCC1CC(O)c1ccccc12.Cl. The van der Waals surface area contributed by atoms with E-state index in [1.807, 2.05) is 6.07 Å². The Kier molecular flexibility index (Phi) is 4.00. The highest BCUT2D eigenvalue weighted by Gasteiger charge is 2.46. The average molecular weight is 268 g/mol. The van der Waals surface area contributed by atoms with Gasteiger partial charge in [0, 0.05) is 5.54 Å². The van der Waals surface area contributed by atoms with E-state index in [-0.39, 0.29) is 24.0 Å². The zero-order valence-corrected chi connectivity index (χ0v) is 11.7. The normalized spacial score (nSPS) is 34.1. The van der Waals surface area contributed by atoms with Gasteiger partial charge in [-0.1, -0.05) is 37.1 Å². The molecule has 3 rings (SSSR count). The molecule has 2 aliphatic rings. The summed E-state index contributed by atoms with van der Waals surface area (Å²) < 4.78 is 0. The van der Waals surface area contributed by atoms with Crippen molar-refractivity contribution in [2.45, 2.75) is 43.7 Å². The first-order valence-electron chi connectivity index (χ1n) is 6.74. The van der Waals surface area contributed by atoms with E-state index < -0.39 is 0 Å². The molecule has 0 saturated heterocycles. The minimum atomic E-state index is -0.268. The molecular formula is C15H22ClNO. The van der Waals surface area contributed by atoms with Gasteiger partial charge in [0.25, 0.3) is 0 Å². The van der Waals surface area contributed by atoms with Crippen LogP contribution in [0.1, 0.15) is 49.3 Å². The Bertz CT molecular complexity index is 423. The van der Waals surface area contributed by atoms with E-state index in [0.29, 0.717) is 5.92 Å². The predicted molar refractivity (Wildman–Crippen MR) is 76.0 cm³/mol. The van der Waals surface area contributed by atoms with Gasteiger partial charge in [-0.2, -0.15) is 0 Å². The number of benzene rings is 1. The Hall–Kier alpha value is -0.570. The van der Waals surface area contributed by atoms with Gasteiger partial charge in [0.05, 0.1) is 6.10 Å². The molecule has 1 fully saturated rings. The van der Waals surface area contributed by atoms with Gasteiger partial charge in [0.2, 0.25) is 0 Å². The van der Waals surface area contributed by atoms with Crippen LogP contribution in [-0.2, 0) is 5.54 Å². The highest BCUT2D eigenvalue weighted by molar-refractivity contribution is 5.85. The number of hydrogen-bond acceptors (Lipinski definition) is 2. The van der Waals surface area contributed by atoms with Crippen LogP contribution < -0.4 is 5.32 Å². The summed E-state index contributed by atoms with van der Waals surface area (Å²) in [6.45, 7) is 0. The molecule has 0 amide bonds. The number of fused-ring (bicyclic) bond motifs is 3. The number of halogens is 1. The summed E-state index contributed by atoms with van der Waals surface area (Å²) in [4.78, 5) is 0. The van der Waals surface area contributed by atoms with E-state index in [4.69, 9.17) is 0 Å². The first kappa shape index (κ1) is 13.9. The van der Waals surface area contributed by atoms with Crippen molar-refractivity contribution in [3.05, 3.63) is 35.4 Å². The number of aliphatic hydroxyl groups excluding tert-OH is 1. The van der Waals surface area contributed by atoms with Crippen molar-refractivity contribution in [2.75, 3.05) is 7.05 Å². The van der Waals surface area contributed by atoms with Gasteiger partial charge in [0.1, 0.15) is 0 Å². The first-order chi connectivity index (χ1) is 8.28. The number of aliphatic hydroxyl groups is 1. The standard InChI is InChI=1S/C15H21NO.ClH/c1-16-15-9-5-4-6-11(15)10-14(17)12-7-2-3-8-13(12)15;/h2-3,7-8,11,14,16-17H,4-6,9-10H2,1H3;1H. The van der Waals surface area contributed by atoms with Gasteiger partial charge >= 0.3 is 0 Å². The van der Waals surface area contributed by atoms with Crippen LogP contribution in [0.15, 0.2) is 24.3 Å².